The monoisotopic (exact) mass is 135 g/mol. The van der Waals surface area contributed by atoms with Crippen molar-refractivity contribution >= 4 is 0 Å². The Balaban J connectivity index is 2.26. The van der Waals surface area contributed by atoms with Gasteiger partial charge in [-0.1, -0.05) is 6.08 Å². The van der Waals surface area contributed by atoms with Gasteiger partial charge in [-0.15, -0.1) is 0 Å². The molecule has 1 aromatic heterocycles. The van der Waals surface area contributed by atoms with Crippen LogP contribution in [-0.2, 0) is 7.05 Å². The number of imidazole rings is 1. The smallest absolute Gasteiger partial charge is 0.240 e. The van der Waals surface area contributed by atoms with Crippen LogP contribution in [0.4, 0.5) is 0 Å². The lowest BCUT2D eigenvalue weighted by Crippen LogP contribution is -2.24. The van der Waals surface area contributed by atoms with E-state index in [0.717, 1.165) is 0 Å². The van der Waals surface area contributed by atoms with Gasteiger partial charge in [0.2, 0.25) is 6.33 Å². The molecule has 1 aliphatic rings. The predicted octanol–water partition coefficient (Wildman–Crippen LogP) is 0.814. The average molecular weight is 135 g/mol. The summed E-state index contributed by atoms with van der Waals surface area (Å²) in [6.45, 7) is 0. The molecule has 52 valence electrons. The van der Waals surface area contributed by atoms with Crippen molar-refractivity contribution < 1.29 is 4.57 Å². The average Bonchev–Trinajstić information content (AvgIpc) is 2.10. The Labute approximate surface area is 60.4 Å². The Morgan fingerprint density at radius 3 is 2.80 bits per heavy atom. The van der Waals surface area contributed by atoms with E-state index in [9.17, 15) is 0 Å². The van der Waals surface area contributed by atoms with Gasteiger partial charge >= 0.3 is 0 Å². The third kappa shape index (κ3) is 0.764. The maximum atomic E-state index is 2.22. The van der Waals surface area contributed by atoms with Crippen molar-refractivity contribution in [2.24, 2.45) is 7.05 Å². The molecule has 0 aliphatic heterocycles. The Kier molecular flexibility index (Phi) is 1.13. The van der Waals surface area contributed by atoms with E-state index in [1.54, 1.807) is 0 Å². The Morgan fingerprint density at radius 1 is 1.60 bits per heavy atom. The third-order valence-corrected chi connectivity index (χ3v) is 1.91. The zero-order valence-electron chi connectivity index (χ0n) is 6.07. The van der Waals surface area contributed by atoms with Crippen molar-refractivity contribution in [2.75, 3.05) is 0 Å². The van der Waals surface area contributed by atoms with Crippen molar-refractivity contribution in [3.63, 3.8) is 0 Å². The molecule has 1 aliphatic carbocycles. The molecule has 0 spiro atoms. The summed E-state index contributed by atoms with van der Waals surface area (Å²) in [5.41, 5.74) is 0. The number of rotatable bonds is 1. The van der Waals surface area contributed by atoms with Crippen molar-refractivity contribution in [2.45, 2.75) is 12.5 Å². The van der Waals surface area contributed by atoms with Crippen molar-refractivity contribution in [1.29, 1.82) is 0 Å². The van der Waals surface area contributed by atoms with Gasteiger partial charge in [-0.05, 0) is 6.08 Å². The molecule has 0 amide bonds. The topological polar surface area (TPSA) is 8.81 Å². The molecule has 0 aromatic carbocycles. The number of allylic oxidation sites excluding steroid dienone is 2. The summed E-state index contributed by atoms with van der Waals surface area (Å²) in [7, 11) is 2.04. The Morgan fingerprint density at radius 2 is 2.40 bits per heavy atom. The van der Waals surface area contributed by atoms with Crippen LogP contribution in [0.3, 0.4) is 0 Å². The van der Waals surface area contributed by atoms with Gasteiger partial charge in [0.05, 0.1) is 7.05 Å². The predicted molar refractivity (Wildman–Crippen MR) is 38.4 cm³/mol. The van der Waals surface area contributed by atoms with E-state index < -0.39 is 0 Å². The fourth-order valence-electron chi connectivity index (χ4n) is 1.14. The van der Waals surface area contributed by atoms with E-state index in [1.165, 1.54) is 6.42 Å². The number of hydrogen-bond donors (Lipinski definition) is 0. The van der Waals surface area contributed by atoms with E-state index in [4.69, 9.17) is 0 Å². The second-order valence-electron chi connectivity index (χ2n) is 2.76. The number of nitrogens with zero attached hydrogens (tertiary/aromatic N) is 2. The second kappa shape index (κ2) is 1.97. The SMILES string of the molecule is C[n+]1ccn(C2C=CC2)c1. The van der Waals surface area contributed by atoms with Crippen molar-refractivity contribution in [1.82, 2.24) is 4.57 Å². The number of aryl methyl sites for hydroxylation is 1. The minimum Gasteiger partial charge on any atom is -0.240 e. The first-order valence-corrected chi connectivity index (χ1v) is 3.55. The first kappa shape index (κ1) is 5.71. The standard InChI is InChI=1S/C8H11N2/c1-9-5-6-10(7-9)8-3-2-4-8/h2-3,5-8H,4H2,1H3/q+1. The van der Waals surface area contributed by atoms with Gasteiger partial charge in [-0.25, -0.2) is 9.13 Å². The summed E-state index contributed by atoms with van der Waals surface area (Å²) in [5.74, 6) is 0. The van der Waals surface area contributed by atoms with Crippen LogP contribution in [0.2, 0.25) is 0 Å². The summed E-state index contributed by atoms with van der Waals surface area (Å²) >= 11 is 0. The highest BCUT2D eigenvalue weighted by Gasteiger charge is 2.16. The lowest BCUT2D eigenvalue weighted by Gasteiger charge is -2.12. The van der Waals surface area contributed by atoms with E-state index >= 15 is 0 Å². The summed E-state index contributed by atoms with van der Waals surface area (Å²) < 4.78 is 4.28. The molecule has 1 heterocycles. The fraction of sp³-hybridized carbons (Fsp3) is 0.375. The number of aromatic nitrogens is 2. The molecule has 10 heavy (non-hydrogen) atoms. The molecular formula is C8H11N2+. The quantitative estimate of drug-likeness (QED) is 0.398. The third-order valence-electron chi connectivity index (χ3n) is 1.91. The highest BCUT2D eigenvalue weighted by atomic mass is 15.1. The molecule has 2 heteroatoms. The molecule has 0 saturated carbocycles. The highest BCUT2D eigenvalue weighted by molar-refractivity contribution is 5.06. The minimum absolute atomic E-state index is 0.626. The van der Waals surface area contributed by atoms with Crippen LogP contribution in [0.25, 0.3) is 0 Å². The Bertz CT molecular complexity index is 260. The van der Waals surface area contributed by atoms with Gasteiger partial charge in [-0.2, -0.15) is 0 Å². The fourth-order valence-corrected chi connectivity index (χ4v) is 1.14. The second-order valence-corrected chi connectivity index (χ2v) is 2.76. The molecule has 1 unspecified atom stereocenters. The van der Waals surface area contributed by atoms with E-state index in [2.05, 4.69) is 40.0 Å². The molecule has 1 atom stereocenters. The first-order valence-electron chi connectivity index (χ1n) is 3.55. The van der Waals surface area contributed by atoms with Crippen LogP contribution in [0.5, 0.6) is 0 Å². The molecule has 0 radical (unpaired) electrons. The zero-order chi connectivity index (χ0) is 6.97. The minimum atomic E-state index is 0.626. The normalized spacial score (nSPS) is 22.7. The van der Waals surface area contributed by atoms with Crippen LogP contribution in [0.1, 0.15) is 12.5 Å². The summed E-state index contributed by atoms with van der Waals surface area (Å²) in [5, 5.41) is 0. The summed E-state index contributed by atoms with van der Waals surface area (Å²) in [6.07, 6.45) is 11.9. The van der Waals surface area contributed by atoms with E-state index in [1.807, 2.05) is 7.05 Å². The number of hydrogen-bond acceptors (Lipinski definition) is 0. The molecule has 0 N–H and O–H groups in total. The molecule has 0 saturated heterocycles. The lowest BCUT2D eigenvalue weighted by atomic mass is 10.0. The maximum Gasteiger partial charge on any atom is 0.244 e. The van der Waals surface area contributed by atoms with Gasteiger partial charge < -0.3 is 0 Å². The summed E-state index contributed by atoms with van der Waals surface area (Å²) in [6, 6.07) is 0.626. The highest BCUT2D eigenvalue weighted by Crippen LogP contribution is 2.21. The molecular weight excluding hydrogens is 124 g/mol. The van der Waals surface area contributed by atoms with Crippen LogP contribution in [-0.4, -0.2) is 4.57 Å². The Hall–Kier alpha value is -1.05. The van der Waals surface area contributed by atoms with Crippen molar-refractivity contribution in [3.8, 4) is 0 Å². The molecule has 1 aromatic rings. The van der Waals surface area contributed by atoms with E-state index in [0.29, 0.717) is 6.04 Å². The zero-order valence-corrected chi connectivity index (χ0v) is 6.07. The maximum absolute atomic E-state index is 2.22. The van der Waals surface area contributed by atoms with E-state index in [-0.39, 0.29) is 0 Å². The van der Waals surface area contributed by atoms with Gasteiger partial charge in [0.25, 0.3) is 0 Å². The van der Waals surface area contributed by atoms with Gasteiger partial charge in [0.15, 0.2) is 0 Å². The summed E-state index contributed by atoms with van der Waals surface area (Å²) in [4.78, 5) is 0. The lowest BCUT2D eigenvalue weighted by molar-refractivity contribution is -0.671. The van der Waals surface area contributed by atoms with Gasteiger partial charge in [0.1, 0.15) is 18.4 Å². The largest absolute Gasteiger partial charge is 0.244 e. The van der Waals surface area contributed by atoms with Crippen LogP contribution in [0.15, 0.2) is 30.9 Å². The van der Waals surface area contributed by atoms with Crippen LogP contribution >= 0.6 is 0 Å². The van der Waals surface area contributed by atoms with Crippen LogP contribution < -0.4 is 4.57 Å². The molecule has 0 bridgehead atoms. The van der Waals surface area contributed by atoms with Crippen LogP contribution in [0, 0.1) is 0 Å². The molecule has 2 nitrogen and oxygen atoms in total. The van der Waals surface area contributed by atoms with Crippen molar-refractivity contribution in [3.05, 3.63) is 30.9 Å². The van der Waals surface area contributed by atoms with Gasteiger partial charge in [0, 0.05) is 6.42 Å². The molecule has 0 fully saturated rings. The first-order chi connectivity index (χ1) is 4.86. The van der Waals surface area contributed by atoms with Gasteiger partial charge in [-0.3, -0.25) is 0 Å². The molecule has 2 rings (SSSR count).